The van der Waals surface area contributed by atoms with Crippen LogP contribution in [0.1, 0.15) is 0 Å². The molecule has 250 valence electrons. The van der Waals surface area contributed by atoms with Crippen LogP contribution < -0.4 is 6.15 Å². The van der Waals surface area contributed by atoms with Gasteiger partial charge >= 0.3 is 81.0 Å². The summed E-state index contributed by atoms with van der Waals surface area (Å²) < 4.78 is 343. The standard InChI is InChI=1S/C12H2F24O3S.H3N/c13-1(14)2(15,16)3(17,18)4(19,20)5(21,22)6(23,24)7(25,26)8(27,28)9(29,30)10(31,32)11(33,34)12(35,36)40(37,38)39;/h1H,(H,37,38,39);1H3. The average molecular weight is 699 g/mol. The molecule has 4 nitrogen and oxygen atoms in total. The van der Waals surface area contributed by atoms with E-state index >= 15 is 0 Å². The van der Waals surface area contributed by atoms with E-state index in [4.69, 9.17) is 4.55 Å². The lowest BCUT2D eigenvalue weighted by atomic mass is 9.85. The second kappa shape index (κ2) is 9.86. The Morgan fingerprint density at radius 2 is 0.561 bits per heavy atom. The highest BCUT2D eigenvalue weighted by Crippen LogP contribution is 2.67. The molecular formula is C12H5F24NO3S. The van der Waals surface area contributed by atoms with Crippen molar-refractivity contribution < 1.29 is 118 Å². The molecule has 0 aliphatic rings. The first kappa shape index (κ1) is 41.3. The summed E-state index contributed by atoms with van der Waals surface area (Å²) in [5.41, 5.74) is 0. The molecule has 0 heterocycles. The molecule has 0 amide bonds. The zero-order valence-electron chi connectivity index (χ0n) is 17.5. The molecule has 0 aliphatic heterocycles. The summed E-state index contributed by atoms with van der Waals surface area (Å²) in [7, 11) is -8.20. The number of halogens is 24. The maximum Gasteiger partial charge on any atom is 0.438 e. The highest BCUT2D eigenvalue weighted by atomic mass is 32.2. The van der Waals surface area contributed by atoms with Gasteiger partial charge in [0, 0.05) is 0 Å². The van der Waals surface area contributed by atoms with Crippen LogP contribution in [-0.2, 0) is 10.1 Å². The van der Waals surface area contributed by atoms with Crippen LogP contribution in [0.5, 0.6) is 0 Å². The summed E-state index contributed by atoms with van der Waals surface area (Å²) in [6, 6.07) is 0. The van der Waals surface area contributed by atoms with E-state index in [1.54, 1.807) is 0 Å². The molecule has 0 rings (SSSR count). The summed E-state index contributed by atoms with van der Waals surface area (Å²) >= 11 is 0. The fraction of sp³-hybridized carbons (Fsp3) is 1.00. The van der Waals surface area contributed by atoms with Crippen molar-refractivity contribution in [3.05, 3.63) is 0 Å². The Bertz CT molecular complexity index is 1060. The van der Waals surface area contributed by atoms with Crippen molar-refractivity contribution in [2.24, 2.45) is 0 Å². The van der Waals surface area contributed by atoms with Crippen molar-refractivity contribution in [2.45, 2.75) is 70.9 Å². The van der Waals surface area contributed by atoms with Crippen LogP contribution in [-0.4, -0.2) is 83.9 Å². The van der Waals surface area contributed by atoms with Gasteiger partial charge in [-0.05, 0) is 0 Å². The lowest BCUT2D eigenvalue weighted by molar-refractivity contribution is -0.474. The SMILES string of the molecule is N.O=S(=O)(O)C(F)(F)C(F)(F)C(F)(F)C(F)(F)C(F)(F)C(F)(F)C(F)(F)C(F)(F)C(F)(F)C(F)(F)C(F)(F)C(F)F. The van der Waals surface area contributed by atoms with Gasteiger partial charge in [-0.25, -0.2) is 8.78 Å². The monoisotopic (exact) mass is 699 g/mol. The molecule has 0 spiro atoms. The van der Waals surface area contributed by atoms with Gasteiger partial charge in [-0.2, -0.15) is 105 Å². The van der Waals surface area contributed by atoms with Crippen molar-refractivity contribution in [1.29, 1.82) is 0 Å². The predicted octanol–water partition coefficient (Wildman–Crippen LogP) is 7.25. The fourth-order valence-electron chi connectivity index (χ4n) is 2.07. The fourth-order valence-corrected chi connectivity index (χ4v) is 2.52. The maximum absolute atomic E-state index is 13.5. The summed E-state index contributed by atoms with van der Waals surface area (Å²) in [5.74, 6) is -91.9. The molecule has 0 aromatic heterocycles. The first-order chi connectivity index (χ1) is 16.7. The molecule has 0 unspecified atom stereocenters. The molecule has 0 saturated heterocycles. The van der Waals surface area contributed by atoms with E-state index in [0.29, 0.717) is 0 Å². The van der Waals surface area contributed by atoms with Crippen LogP contribution in [0.15, 0.2) is 0 Å². The predicted molar refractivity (Wildman–Crippen MR) is 77.0 cm³/mol. The van der Waals surface area contributed by atoms with Crippen LogP contribution in [0.4, 0.5) is 105 Å². The molecule has 29 heteroatoms. The lowest BCUT2D eigenvalue weighted by Crippen LogP contribution is -2.78. The van der Waals surface area contributed by atoms with Gasteiger partial charge in [0.1, 0.15) is 0 Å². The van der Waals surface area contributed by atoms with Crippen molar-refractivity contribution in [3.8, 4) is 0 Å². The second-order valence-corrected chi connectivity index (χ2v) is 8.55. The maximum atomic E-state index is 13.5. The number of hydrogen-bond donors (Lipinski definition) is 2. The Labute approximate surface area is 206 Å². The van der Waals surface area contributed by atoms with E-state index < -0.39 is 81.0 Å². The van der Waals surface area contributed by atoms with Gasteiger partial charge in [-0.3, -0.25) is 4.55 Å². The molecule has 0 atom stereocenters. The third-order valence-corrected chi connectivity index (χ3v) is 5.44. The zero-order chi connectivity index (χ0) is 33.6. The van der Waals surface area contributed by atoms with Crippen LogP contribution in [0.2, 0.25) is 0 Å². The molecule has 0 fully saturated rings. The third kappa shape index (κ3) is 4.70. The second-order valence-electron chi connectivity index (χ2n) is 7.09. The van der Waals surface area contributed by atoms with Crippen LogP contribution in [0.3, 0.4) is 0 Å². The molecule has 0 aliphatic carbocycles. The highest BCUT2D eigenvalue weighted by molar-refractivity contribution is 7.87. The molecule has 4 N–H and O–H groups in total. The minimum atomic E-state index is -9.65. The number of hydrogen-bond acceptors (Lipinski definition) is 3. The summed E-state index contributed by atoms with van der Waals surface area (Å²) in [4.78, 5) is 0. The van der Waals surface area contributed by atoms with Gasteiger partial charge in [0.2, 0.25) is 0 Å². The minimum absolute atomic E-state index is 0. The topological polar surface area (TPSA) is 89.4 Å². The number of rotatable bonds is 12. The molecule has 0 aromatic rings. The third-order valence-electron chi connectivity index (χ3n) is 4.54. The van der Waals surface area contributed by atoms with Crippen molar-refractivity contribution in [1.82, 2.24) is 6.15 Å². The van der Waals surface area contributed by atoms with Crippen LogP contribution >= 0.6 is 0 Å². The molecule has 0 radical (unpaired) electrons. The molecule has 0 saturated carbocycles. The molecule has 0 bridgehead atoms. The zero-order valence-corrected chi connectivity index (χ0v) is 18.3. The van der Waals surface area contributed by atoms with Gasteiger partial charge in [-0.15, -0.1) is 0 Å². The smallest absolute Gasteiger partial charge is 0.344 e. The van der Waals surface area contributed by atoms with Crippen LogP contribution in [0, 0.1) is 0 Å². The van der Waals surface area contributed by atoms with Crippen molar-refractivity contribution in [2.75, 3.05) is 0 Å². The Kier molecular flexibility index (Phi) is 9.94. The molecular weight excluding hydrogens is 694 g/mol. The average Bonchev–Trinajstić information content (AvgIpc) is 2.71. The number of alkyl halides is 24. The summed E-state index contributed by atoms with van der Waals surface area (Å²) in [6.45, 7) is 0. The normalized spacial score (nSPS) is 16.6. The Morgan fingerprint density at radius 1 is 0.390 bits per heavy atom. The Morgan fingerprint density at radius 3 is 0.732 bits per heavy atom. The van der Waals surface area contributed by atoms with Gasteiger partial charge in [-0.1, -0.05) is 0 Å². The van der Waals surface area contributed by atoms with Gasteiger partial charge in [0.15, 0.2) is 0 Å². The van der Waals surface area contributed by atoms with E-state index in [-0.39, 0.29) is 6.15 Å². The van der Waals surface area contributed by atoms with Crippen LogP contribution in [0.25, 0.3) is 0 Å². The Balaban J connectivity index is 0. The van der Waals surface area contributed by atoms with E-state index in [0.717, 1.165) is 0 Å². The minimum Gasteiger partial charge on any atom is -0.344 e. The lowest BCUT2D eigenvalue weighted by Gasteiger charge is -2.45. The summed E-state index contributed by atoms with van der Waals surface area (Å²) in [6.07, 6.45) is -6.31. The van der Waals surface area contributed by atoms with Gasteiger partial charge < -0.3 is 6.15 Å². The van der Waals surface area contributed by atoms with E-state index in [9.17, 15) is 114 Å². The van der Waals surface area contributed by atoms with E-state index in [1.807, 2.05) is 0 Å². The Hall–Kier alpha value is -1.81. The first-order valence-electron chi connectivity index (χ1n) is 8.10. The highest BCUT2D eigenvalue weighted by Gasteiger charge is 2.99. The quantitative estimate of drug-likeness (QED) is 0.166. The van der Waals surface area contributed by atoms with Crippen molar-refractivity contribution in [3.63, 3.8) is 0 Å². The first-order valence-corrected chi connectivity index (χ1v) is 9.54. The van der Waals surface area contributed by atoms with Crippen molar-refractivity contribution >= 4 is 10.1 Å². The molecule has 41 heavy (non-hydrogen) atoms. The largest absolute Gasteiger partial charge is 0.438 e. The van der Waals surface area contributed by atoms with E-state index in [1.165, 1.54) is 0 Å². The molecule has 0 aromatic carbocycles. The van der Waals surface area contributed by atoms with Gasteiger partial charge in [0.05, 0.1) is 0 Å². The van der Waals surface area contributed by atoms with E-state index in [2.05, 4.69) is 0 Å². The summed E-state index contributed by atoms with van der Waals surface area (Å²) in [5, 5.41) is -8.18. The van der Waals surface area contributed by atoms with Gasteiger partial charge in [0.25, 0.3) is 0 Å².